The standard InChI is InChI=1S/C15H13ClN4/c16-12-1-3-13(4-2-12)18-10-14-9-15(20-19-14)11-5-7-17-8-6-11/h1-9,18H,10H2,(H,19,20). The molecule has 0 fully saturated rings. The molecule has 2 aromatic heterocycles. The topological polar surface area (TPSA) is 53.6 Å². The number of hydrogen-bond acceptors (Lipinski definition) is 3. The molecular formula is C15H13ClN4. The molecule has 5 heteroatoms. The number of halogens is 1. The third kappa shape index (κ3) is 2.97. The summed E-state index contributed by atoms with van der Waals surface area (Å²) >= 11 is 5.85. The summed E-state index contributed by atoms with van der Waals surface area (Å²) < 4.78 is 0. The molecule has 3 rings (SSSR count). The first kappa shape index (κ1) is 12.7. The predicted molar refractivity (Wildman–Crippen MR) is 80.6 cm³/mol. The molecule has 3 aromatic rings. The molecule has 2 heterocycles. The van der Waals surface area contributed by atoms with Crippen LogP contribution < -0.4 is 5.32 Å². The highest BCUT2D eigenvalue weighted by atomic mass is 35.5. The number of hydrogen-bond donors (Lipinski definition) is 2. The van der Waals surface area contributed by atoms with E-state index in [1.165, 1.54) is 0 Å². The molecule has 4 nitrogen and oxygen atoms in total. The SMILES string of the molecule is Clc1ccc(NCc2cc(-c3ccncc3)n[nH]2)cc1. The second-order valence-electron chi connectivity index (χ2n) is 4.37. The maximum atomic E-state index is 5.85. The predicted octanol–water partition coefficient (Wildman–Crippen LogP) is 3.74. The third-order valence-corrected chi connectivity index (χ3v) is 3.19. The van der Waals surface area contributed by atoms with Crippen molar-refractivity contribution in [2.75, 3.05) is 5.32 Å². The van der Waals surface area contributed by atoms with Crippen molar-refractivity contribution < 1.29 is 0 Å². The van der Waals surface area contributed by atoms with Gasteiger partial charge in [0.1, 0.15) is 0 Å². The van der Waals surface area contributed by atoms with Gasteiger partial charge < -0.3 is 5.32 Å². The van der Waals surface area contributed by atoms with Gasteiger partial charge in [0.25, 0.3) is 0 Å². The number of anilines is 1. The lowest BCUT2D eigenvalue weighted by Crippen LogP contribution is -1.99. The first-order chi connectivity index (χ1) is 9.81. The van der Waals surface area contributed by atoms with E-state index in [9.17, 15) is 0 Å². The first-order valence-corrected chi connectivity index (χ1v) is 6.63. The van der Waals surface area contributed by atoms with E-state index in [0.717, 1.165) is 27.7 Å². The fraction of sp³-hybridized carbons (Fsp3) is 0.0667. The highest BCUT2D eigenvalue weighted by molar-refractivity contribution is 6.30. The van der Waals surface area contributed by atoms with Crippen molar-refractivity contribution in [3.8, 4) is 11.3 Å². The Labute approximate surface area is 121 Å². The Balaban J connectivity index is 1.67. The van der Waals surface area contributed by atoms with E-state index in [1.54, 1.807) is 12.4 Å². The van der Waals surface area contributed by atoms with Gasteiger partial charge in [-0.15, -0.1) is 0 Å². The van der Waals surface area contributed by atoms with Gasteiger partial charge in [-0.3, -0.25) is 10.1 Å². The van der Waals surface area contributed by atoms with E-state index in [0.29, 0.717) is 6.54 Å². The Kier molecular flexibility index (Phi) is 3.65. The number of nitrogens with zero attached hydrogens (tertiary/aromatic N) is 2. The number of nitrogens with one attached hydrogen (secondary N) is 2. The number of pyridine rings is 1. The molecule has 0 unspecified atom stereocenters. The molecule has 0 bridgehead atoms. The summed E-state index contributed by atoms with van der Waals surface area (Å²) in [7, 11) is 0. The van der Waals surface area contributed by atoms with E-state index >= 15 is 0 Å². The van der Waals surface area contributed by atoms with E-state index in [4.69, 9.17) is 11.6 Å². The highest BCUT2D eigenvalue weighted by Gasteiger charge is 2.03. The molecule has 2 N–H and O–H groups in total. The minimum atomic E-state index is 0.680. The van der Waals surface area contributed by atoms with E-state index in [1.807, 2.05) is 42.5 Å². The molecule has 0 aliphatic rings. The van der Waals surface area contributed by atoms with Crippen molar-refractivity contribution in [2.24, 2.45) is 0 Å². The second-order valence-corrected chi connectivity index (χ2v) is 4.81. The van der Waals surface area contributed by atoms with Gasteiger partial charge in [-0.2, -0.15) is 5.10 Å². The molecule has 1 aromatic carbocycles. The van der Waals surface area contributed by atoms with Crippen LogP contribution >= 0.6 is 11.6 Å². The molecule has 0 amide bonds. The lowest BCUT2D eigenvalue weighted by molar-refractivity contribution is 0.983. The van der Waals surface area contributed by atoms with E-state index in [2.05, 4.69) is 20.5 Å². The van der Waals surface area contributed by atoms with Crippen LogP contribution in [0, 0.1) is 0 Å². The van der Waals surface area contributed by atoms with Crippen LogP contribution in [0.25, 0.3) is 11.3 Å². The first-order valence-electron chi connectivity index (χ1n) is 6.25. The van der Waals surface area contributed by atoms with Gasteiger partial charge in [-0.1, -0.05) is 11.6 Å². The van der Waals surface area contributed by atoms with Crippen molar-refractivity contribution in [3.05, 3.63) is 65.6 Å². The smallest absolute Gasteiger partial charge is 0.0925 e. The maximum absolute atomic E-state index is 5.85. The summed E-state index contributed by atoms with van der Waals surface area (Å²) in [5.74, 6) is 0. The Morgan fingerprint density at radius 2 is 1.80 bits per heavy atom. The number of benzene rings is 1. The minimum absolute atomic E-state index is 0.680. The van der Waals surface area contributed by atoms with Gasteiger partial charge in [0.15, 0.2) is 0 Å². The summed E-state index contributed by atoms with van der Waals surface area (Å²) in [6.45, 7) is 0.680. The average molecular weight is 285 g/mol. The molecule has 0 radical (unpaired) electrons. The molecule has 0 saturated carbocycles. The fourth-order valence-corrected chi connectivity index (χ4v) is 2.01. The number of H-pyrrole nitrogens is 1. The Bertz CT molecular complexity index is 677. The normalized spacial score (nSPS) is 10.4. The van der Waals surface area contributed by atoms with E-state index in [-0.39, 0.29) is 0 Å². The van der Waals surface area contributed by atoms with Crippen LogP contribution in [0.2, 0.25) is 5.02 Å². The third-order valence-electron chi connectivity index (χ3n) is 2.93. The lowest BCUT2D eigenvalue weighted by atomic mass is 10.2. The van der Waals surface area contributed by atoms with Crippen LogP contribution in [0.5, 0.6) is 0 Å². The molecule has 100 valence electrons. The highest BCUT2D eigenvalue weighted by Crippen LogP contribution is 2.18. The summed E-state index contributed by atoms with van der Waals surface area (Å²) in [6, 6.07) is 13.5. The summed E-state index contributed by atoms with van der Waals surface area (Å²) in [6.07, 6.45) is 3.52. The van der Waals surface area contributed by atoms with Crippen molar-refractivity contribution in [2.45, 2.75) is 6.54 Å². The number of aromatic amines is 1. The zero-order chi connectivity index (χ0) is 13.8. The van der Waals surface area contributed by atoms with Crippen LogP contribution in [-0.2, 0) is 6.54 Å². The minimum Gasteiger partial charge on any atom is -0.379 e. The molecule has 0 spiro atoms. The second kappa shape index (κ2) is 5.75. The van der Waals surface area contributed by atoms with Crippen molar-refractivity contribution in [1.29, 1.82) is 0 Å². The van der Waals surface area contributed by atoms with Crippen LogP contribution in [0.1, 0.15) is 5.69 Å². The number of aromatic nitrogens is 3. The monoisotopic (exact) mass is 284 g/mol. The molecular weight excluding hydrogens is 272 g/mol. The summed E-state index contributed by atoms with van der Waals surface area (Å²) in [5, 5.41) is 11.4. The Hall–Kier alpha value is -2.33. The van der Waals surface area contributed by atoms with Gasteiger partial charge in [-0.05, 0) is 42.5 Å². The van der Waals surface area contributed by atoms with Crippen molar-refractivity contribution in [3.63, 3.8) is 0 Å². The van der Waals surface area contributed by atoms with Gasteiger partial charge in [0.2, 0.25) is 0 Å². The Morgan fingerprint density at radius 1 is 1.05 bits per heavy atom. The van der Waals surface area contributed by atoms with Crippen molar-refractivity contribution in [1.82, 2.24) is 15.2 Å². The van der Waals surface area contributed by atoms with Crippen molar-refractivity contribution >= 4 is 17.3 Å². The van der Waals surface area contributed by atoms with Gasteiger partial charge in [0.05, 0.1) is 17.9 Å². The fourth-order valence-electron chi connectivity index (χ4n) is 1.89. The van der Waals surface area contributed by atoms with Crippen LogP contribution in [0.4, 0.5) is 5.69 Å². The van der Waals surface area contributed by atoms with Gasteiger partial charge in [0, 0.05) is 28.7 Å². The Morgan fingerprint density at radius 3 is 2.55 bits per heavy atom. The van der Waals surface area contributed by atoms with Gasteiger partial charge >= 0.3 is 0 Å². The van der Waals surface area contributed by atoms with Crippen LogP contribution in [-0.4, -0.2) is 15.2 Å². The average Bonchev–Trinajstić information content (AvgIpc) is 2.97. The van der Waals surface area contributed by atoms with Crippen LogP contribution in [0.3, 0.4) is 0 Å². The van der Waals surface area contributed by atoms with Crippen LogP contribution in [0.15, 0.2) is 54.9 Å². The van der Waals surface area contributed by atoms with E-state index < -0.39 is 0 Å². The maximum Gasteiger partial charge on any atom is 0.0925 e. The zero-order valence-electron chi connectivity index (χ0n) is 10.7. The summed E-state index contributed by atoms with van der Waals surface area (Å²) in [4.78, 5) is 4.00. The quantitative estimate of drug-likeness (QED) is 0.767. The molecule has 0 saturated heterocycles. The summed E-state index contributed by atoms with van der Waals surface area (Å²) in [5.41, 5.74) is 4.01. The molecule has 20 heavy (non-hydrogen) atoms. The molecule has 0 atom stereocenters. The zero-order valence-corrected chi connectivity index (χ0v) is 11.4. The molecule has 0 aliphatic heterocycles. The molecule has 0 aliphatic carbocycles. The lowest BCUT2D eigenvalue weighted by Gasteiger charge is -2.04. The largest absolute Gasteiger partial charge is 0.379 e. The van der Waals surface area contributed by atoms with Gasteiger partial charge in [-0.25, -0.2) is 0 Å². The number of rotatable bonds is 4.